The Kier molecular flexibility index (Phi) is 1.87. The molecule has 52 valence electrons. The second kappa shape index (κ2) is 2.66. The van der Waals surface area contributed by atoms with Crippen molar-refractivity contribution in [1.82, 2.24) is 0 Å². The molecular formula is C6H5ClN2O. The number of hydrogen-bond donors (Lipinski definition) is 1. The summed E-state index contributed by atoms with van der Waals surface area (Å²) in [7, 11) is 0. The van der Waals surface area contributed by atoms with Crippen molar-refractivity contribution in [2.75, 3.05) is 0 Å². The smallest absolute Gasteiger partial charge is 0.190 e. The van der Waals surface area contributed by atoms with Gasteiger partial charge in [-0.1, -0.05) is 11.6 Å². The Morgan fingerprint density at radius 1 is 1.70 bits per heavy atom. The molecular weight excluding hydrogens is 152 g/mol. The predicted molar refractivity (Wildman–Crippen MR) is 38.1 cm³/mol. The van der Waals surface area contributed by atoms with E-state index in [1.165, 1.54) is 12.4 Å². The summed E-state index contributed by atoms with van der Waals surface area (Å²) in [5.74, 6) is 0. The van der Waals surface area contributed by atoms with Crippen molar-refractivity contribution >= 4 is 16.8 Å². The van der Waals surface area contributed by atoms with Gasteiger partial charge < -0.3 is 5.21 Å². The molecule has 1 aromatic rings. The fourth-order valence-corrected chi connectivity index (χ4v) is 0.696. The predicted octanol–water partition coefficient (Wildman–Crippen LogP) is 0.884. The summed E-state index contributed by atoms with van der Waals surface area (Å²) < 4.78 is 0.603. The van der Waals surface area contributed by atoms with E-state index in [9.17, 15) is 5.21 Å². The Morgan fingerprint density at radius 2 is 2.40 bits per heavy atom. The topological polar surface area (TPSA) is 50.8 Å². The summed E-state index contributed by atoms with van der Waals surface area (Å²) >= 11 is 5.31. The summed E-state index contributed by atoms with van der Waals surface area (Å²) in [6, 6.07) is 3.14. The molecule has 1 rings (SSSR count). The average Bonchev–Trinajstić information content (AvgIpc) is 1.88. The first-order valence-corrected chi connectivity index (χ1v) is 3.01. The van der Waals surface area contributed by atoms with Gasteiger partial charge in [0.1, 0.15) is 5.17 Å². The number of hydrogen-bond acceptors (Lipinski definition) is 2. The minimum Gasteiger partial charge on any atom is -0.619 e. The van der Waals surface area contributed by atoms with Crippen LogP contribution in [0.4, 0.5) is 0 Å². The molecule has 0 fully saturated rings. The molecule has 0 spiro atoms. The monoisotopic (exact) mass is 156 g/mol. The van der Waals surface area contributed by atoms with Gasteiger partial charge in [0.2, 0.25) is 0 Å². The molecule has 0 aromatic carbocycles. The van der Waals surface area contributed by atoms with Crippen LogP contribution in [0.5, 0.6) is 0 Å². The molecule has 0 saturated heterocycles. The third-order valence-electron chi connectivity index (χ3n) is 1.03. The summed E-state index contributed by atoms with van der Waals surface area (Å²) in [5, 5.41) is 17.4. The maximum atomic E-state index is 10.6. The van der Waals surface area contributed by atoms with Crippen LogP contribution in [0.2, 0.25) is 0 Å². The third-order valence-corrected chi connectivity index (χ3v) is 1.25. The number of pyridine rings is 1. The summed E-state index contributed by atoms with van der Waals surface area (Å²) in [6.07, 6.45) is 2.58. The number of rotatable bonds is 1. The first-order valence-electron chi connectivity index (χ1n) is 2.63. The van der Waals surface area contributed by atoms with Gasteiger partial charge in [-0.15, -0.1) is 0 Å². The van der Waals surface area contributed by atoms with Crippen molar-refractivity contribution in [3.63, 3.8) is 0 Å². The standard InChI is InChI=1S/C6H5ClN2O/c7-6(8)5-2-1-3-9(10)4-5/h1-4,8H. The molecule has 0 bridgehead atoms. The lowest BCUT2D eigenvalue weighted by atomic mass is 10.3. The van der Waals surface area contributed by atoms with Crippen LogP contribution in [0.15, 0.2) is 24.5 Å². The van der Waals surface area contributed by atoms with Crippen molar-refractivity contribution in [2.45, 2.75) is 0 Å². The van der Waals surface area contributed by atoms with Crippen LogP contribution in [0.3, 0.4) is 0 Å². The zero-order chi connectivity index (χ0) is 7.56. The van der Waals surface area contributed by atoms with Crippen LogP contribution in [0, 0.1) is 10.6 Å². The van der Waals surface area contributed by atoms with Gasteiger partial charge in [0, 0.05) is 6.07 Å². The van der Waals surface area contributed by atoms with Crippen LogP contribution in [0.1, 0.15) is 5.56 Å². The highest BCUT2D eigenvalue weighted by Crippen LogP contribution is 1.98. The normalized spacial score (nSPS) is 9.30. The Bertz CT molecular complexity index is 262. The van der Waals surface area contributed by atoms with E-state index in [1.54, 1.807) is 12.1 Å². The van der Waals surface area contributed by atoms with E-state index in [0.717, 1.165) is 0 Å². The zero-order valence-corrected chi connectivity index (χ0v) is 5.80. The molecule has 0 unspecified atom stereocenters. The summed E-state index contributed by atoms with van der Waals surface area (Å²) in [5.41, 5.74) is 0.430. The maximum absolute atomic E-state index is 10.6. The molecule has 1 N–H and O–H groups in total. The zero-order valence-electron chi connectivity index (χ0n) is 5.04. The average molecular weight is 157 g/mol. The summed E-state index contributed by atoms with van der Waals surface area (Å²) in [6.45, 7) is 0. The van der Waals surface area contributed by atoms with Gasteiger partial charge in [-0.2, -0.15) is 4.73 Å². The van der Waals surface area contributed by atoms with Crippen molar-refractivity contribution < 1.29 is 4.73 Å². The first kappa shape index (κ1) is 7.02. The molecule has 1 aromatic heterocycles. The molecule has 0 aliphatic heterocycles. The molecule has 4 heteroatoms. The van der Waals surface area contributed by atoms with Gasteiger partial charge in [0.05, 0.1) is 5.56 Å². The number of nitrogens with zero attached hydrogens (tertiary/aromatic N) is 1. The third kappa shape index (κ3) is 1.45. The molecule has 10 heavy (non-hydrogen) atoms. The van der Waals surface area contributed by atoms with Crippen LogP contribution < -0.4 is 4.73 Å². The lowest BCUT2D eigenvalue weighted by molar-refractivity contribution is -0.605. The number of aromatic nitrogens is 1. The molecule has 1 heterocycles. The minimum atomic E-state index is -0.120. The second-order valence-electron chi connectivity index (χ2n) is 1.77. The van der Waals surface area contributed by atoms with Gasteiger partial charge >= 0.3 is 0 Å². The molecule has 3 nitrogen and oxygen atoms in total. The molecule has 0 atom stereocenters. The van der Waals surface area contributed by atoms with Gasteiger partial charge in [-0.25, -0.2) is 0 Å². The van der Waals surface area contributed by atoms with Crippen LogP contribution in [-0.4, -0.2) is 5.17 Å². The Morgan fingerprint density at radius 3 is 2.80 bits per heavy atom. The van der Waals surface area contributed by atoms with Crippen molar-refractivity contribution in [3.8, 4) is 0 Å². The number of nitrogens with one attached hydrogen (secondary N) is 1. The molecule has 0 radical (unpaired) electrons. The molecule has 0 aliphatic carbocycles. The van der Waals surface area contributed by atoms with E-state index in [0.29, 0.717) is 10.3 Å². The number of halogens is 1. The van der Waals surface area contributed by atoms with Gasteiger partial charge in [-0.3, -0.25) is 5.41 Å². The quantitative estimate of drug-likeness (QED) is 0.366. The lowest BCUT2D eigenvalue weighted by Crippen LogP contribution is -2.25. The van der Waals surface area contributed by atoms with Crippen molar-refractivity contribution in [3.05, 3.63) is 35.3 Å². The SMILES string of the molecule is N=C(Cl)c1ccc[n+]([O-])c1. The maximum Gasteiger partial charge on any atom is 0.190 e. The molecule has 0 aliphatic rings. The van der Waals surface area contributed by atoms with Gasteiger partial charge in [0.25, 0.3) is 0 Å². The highest BCUT2D eigenvalue weighted by Gasteiger charge is 1.99. The van der Waals surface area contributed by atoms with E-state index in [4.69, 9.17) is 17.0 Å². The molecule has 0 saturated carbocycles. The summed E-state index contributed by atoms with van der Waals surface area (Å²) in [4.78, 5) is 0. The van der Waals surface area contributed by atoms with Crippen molar-refractivity contribution in [1.29, 1.82) is 5.41 Å². The second-order valence-corrected chi connectivity index (χ2v) is 2.14. The minimum absolute atomic E-state index is 0.120. The fraction of sp³-hybridized carbons (Fsp3) is 0. The van der Waals surface area contributed by atoms with E-state index in [2.05, 4.69) is 0 Å². The Hall–Kier alpha value is -1.09. The Balaban J connectivity index is 3.07. The van der Waals surface area contributed by atoms with E-state index < -0.39 is 0 Å². The lowest BCUT2D eigenvalue weighted by Gasteiger charge is -1.95. The fourth-order valence-electron chi connectivity index (χ4n) is 0.585. The highest BCUT2D eigenvalue weighted by molar-refractivity contribution is 6.68. The van der Waals surface area contributed by atoms with Gasteiger partial charge in [-0.05, 0) is 6.07 Å². The van der Waals surface area contributed by atoms with Crippen LogP contribution in [0.25, 0.3) is 0 Å². The van der Waals surface area contributed by atoms with Crippen molar-refractivity contribution in [2.24, 2.45) is 0 Å². The van der Waals surface area contributed by atoms with E-state index in [-0.39, 0.29) is 5.17 Å². The molecule has 0 amide bonds. The first-order chi connectivity index (χ1) is 4.70. The highest BCUT2D eigenvalue weighted by atomic mass is 35.5. The van der Waals surface area contributed by atoms with E-state index >= 15 is 0 Å². The van der Waals surface area contributed by atoms with Crippen LogP contribution >= 0.6 is 11.6 Å². The van der Waals surface area contributed by atoms with Gasteiger partial charge in [0.15, 0.2) is 12.4 Å². The van der Waals surface area contributed by atoms with Crippen LogP contribution in [-0.2, 0) is 0 Å². The largest absolute Gasteiger partial charge is 0.619 e. The van der Waals surface area contributed by atoms with E-state index in [1.807, 2.05) is 0 Å². The Labute approximate surface area is 63.0 Å².